The number of oxazole rings is 1. The summed E-state index contributed by atoms with van der Waals surface area (Å²) in [4.78, 5) is 21.1. The predicted molar refractivity (Wildman–Crippen MR) is 127 cm³/mol. The summed E-state index contributed by atoms with van der Waals surface area (Å²) in [6, 6.07) is 16.4. The summed E-state index contributed by atoms with van der Waals surface area (Å²) in [6.07, 6.45) is 5.39. The zero-order chi connectivity index (χ0) is 23.2. The minimum atomic E-state index is -0.152. The van der Waals surface area contributed by atoms with Crippen LogP contribution in [-0.4, -0.2) is 28.1 Å². The van der Waals surface area contributed by atoms with Crippen molar-refractivity contribution in [3.63, 3.8) is 0 Å². The van der Waals surface area contributed by atoms with Crippen LogP contribution in [0.2, 0.25) is 0 Å². The molecule has 0 radical (unpaired) electrons. The summed E-state index contributed by atoms with van der Waals surface area (Å²) in [5, 5.41) is 13.9. The van der Waals surface area contributed by atoms with Gasteiger partial charge in [-0.25, -0.2) is 4.98 Å². The number of unbranched alkanes of at least 4 members (excludes halogenated alkanes) is 1. The van der Waals surface area contributed by atoms with Gasteiger partial charge in [-0.3, -0.25) is 15.1 Å². The van der Waals surface area contributed by atoms with Crippen LogP contribution in [0.1, 0.15) is 26.2 Å². The SMILES string of the molecule is CCCCC(=O)Nc1oc(-c2cccc(-c3ccc(OC)cc3)c2O)nc1-c1cccnc1. The highest BCUT2D eigenvalue weighted by molar-refractivity contribution is 5.93. The zero-order valence-electron chi connectivity index (χ0n) is 18.5. The van der Waals surface area contributed by atoms with Gasteiger partial charge in [-0.15, -0.1) is 0 Å². The van der Waals surface area contributed by atoms with Crippen molar-refractivity contribution >= 4 is 11.8 Å². The van der Waals surface area contributed by atoms with Crippen molar-refractivity contribution in [2.24, 2.45) is 0 Å². The molecule has 7 heteroatoms. The fourth-order valence-corrected chi connectivity index (χ4v) is 3.46. The minimum absolute atomic E-state index is 0.0329. The number of rotatable bonds is 8. The van der Waals surface area contributed by atoms with Gasteiger partial charge in [0.2, 0.25) is 17.7 Å². The molecule has 0 bridgehead atoms. The highest BCUT2D eigenvalue weighted by atomic mass is 16.5. The van der Waals surface area contributed by atoms with Gasteiger partial charge in [0.25, 0.3) is 0 Å². The average molecular weight is 444 g/mol. The number of anilines is 1. The molecular weight excluding hydrogens is 418 g/mol. The first-order valence-corrected chi connectivity index (χ1v) is 10.8. The second-order valence-corrected chi connectivity index (χ2v) is 7.52. The van der Waals surface area contributed by atoms with E-state index < -0.39 is 0 Å². The van der Waals surface area contributed by atoms with E-state index in [0.717, 1.165) is 24.2 Å². The minimum Gasteiger partial charge on any atom is -0.506 e. The maximum atomic E-state index is 12.4. The Morgan fingerprint density at radius 1 is 1.06 bits per heavy atom. The number of benzene rings is 2. The Bertz CT molecular complexity index is 1230. The molecule has 4 rings (SSSR count). The Kier molecular flexibility index (Phi) is 6.69. The number of methoxy groups -OCH3 is 1. The molecule has 7 nitrogen and oxygen atoms in total. The quantitative estimate of drug-likeness (QED) is 0.351. The summed E-state index contributed by atoms with van der Waals surface area (Å²) in [5.41, 5.74) is 3.02. The van der Waals surface area contributed by atoms with Gasteiger partial charge in [0.1, 0.15) is 17.2 Å². The number of phenols is 1. The molecule has 0 saturated heterocycles. The third-order valence-corrected chi connectivity index (χ3v) is 5.24. The molecule has 2 aromatic carbocycles. The number of hydrogen-bond donors (Lipinski definition) is 2. The topological polar surface area (TPSA) is 97.5 Å². The van der Waals surface area contributed by atoms with Crippen LogP contribution in [0.15, 0.2) is 71.4 Å². The second-order valence-electron chi connectivity index (χ2n) is 7.52. The van der Waals surface area contributed by atoms with Gasteiger partial charge in [0, 0.05) is 29.9 Å². The lowest BCUT2D eigenvalue weighted by Gasteiger charge is -2.09. The van der Waals surface area contributed by atoms with Gasteiger partial charge in [-0.2, -0.15) is 0 Å². The van der Waals surface area contributed by atoms with E-state index in [-0.39, 0.29) is 23.4 Å². The van der Waals surface area contributed by atoms with Crippen molar-refractivity contribution < 1.29 is 19.1 Å². The molecule has 2 heterocycles. The van der Waals surface area contributed by atoms with Crippen LogP contribution in [-0.2, 0) is 4.79 Å². The van der Waals surface area contributed by atoms with Crippen LogP contribution in [0.5, 0.6) is 11.5 Å². The molecule has 0 aliphatic heterocycles. The molecule has 168 valence electrons. The van der Waals surface area contributed by atoms with Crippen LogP contribution >= 0.6 is 0 Å². The molecule has 2 N–H and O–H groups in total. The Labute approximate surface area is 192 Å². The van der Waals surface area contributed by atoms with Crippen molar-refractivity contribution in [3.05, 3.63) is 67.0 Å². The van der Waals surface area contributed by atoms with Crippen LogP contribution in [0.4, 0.5) is 5.88 Å². The van der Waals surface area contributed by atoms with Crippen LogP contribution < -0.4 is 10.1 Å². The van der Waals surface area contributed by atoms with Crippen molar-refractivity contribution in [1.82, 2.24) is 9.97 Å². The second kappa shape index (κ2) is 9.99. The first-order chi connectivity index (χ1) is 16.1. The van der Waals surface area contributed by atoms with Gasteiger partial charge in [-0.05, 0) is 42.3 Å². The molecular formula is C26H25N3O4. The summed E-state index contributed by atoms with van der Waals surface area (Å²) >= 11 is 0. The van der Waals surface area contributed by atoms with Crippen molar-refractivity contribution in [3.8, 4) is 45.3 Å². The fourth-order valence-electron chi connectivity index (χ4n) is 3.46. The molecule has 0 aliphatic rings. The molecule has 0 atom stereocenters. The number of carbonyl (C=O) groups excluding carboxylic acids is 1. The van der Waals surface area contributed by atoms with Crippen molar-refractivity contribution in [2.75, 3.05) is 12.4 Å². The Hall–Kier alpha value is -4.13. The van der Waals surface area contributed by atoms with Gasteiger partial charge in [0.05, 0.1) is 12.7 Å². The lowest BCUT2D eigenvalue weighted by atomic mass is 10.0. The van der Waals surface area contributed by atoms with E-state index in [2.05, 4.69) is 15.3 Å². The molecule has 0 saturated carbocycles. The number of nitrogens with one attached hydrogen (secondary N) is 1. The molecule has 4 aromatic rings. The number of amides is 1. The number of ether oxygens (including phenoxy) is 1. The lowest BCUT2D eigenvalue weighted by Crippen LogP contribution is -2.11. The molecule has 0 spiro atoms. The Morgan fingerprint density at radius 2 is 1.85 bits per heavy atom. The first kappa shape index (κ1) is 22.1. The Balaban J connectivity index is 1.75. The maximum absolute atomic E-state index is 12.4. The van der Waals surface area contributed by atoms with E-state index in [9.17, 15) is 9.90 Å². The van der Waals surface area contributed by atoms with Crippen LogP contribution in [0.25, 0.3) is 33.8 Å². The average Bonchev–Trinajstić information content (AvgIpc) is 3.27. The smallest absolute Gasteiger partial charge is 0.233 e. The number of carbonyl (C=O) groups is 1. The van der Waals surface area contributed by atoms with E-state index in [4.69, 9.17) is 9.15 Å². The van der Waals surface area contributed by atoms with Gasteiger partial charge < -0.3 is 14.3 Å². The van der Waals surface area contributed by atoms with E-state index in [0.29, 0.717) is 28.8 Å². The largest absolute Gasteiger partial charge is 0.506 e. The molecule has 1 amide bonds. The normalized spacial score (nSPS) is 10.7. The molecule has 0 fully saturated rings. The van der Waals surface area contributed by atoms with Crippen molar-refractivity contribution in [2.45, 2.75) is 26.2 Å². The lowest BCUT2D eigenvalue weighted by molar-refractivity contribution is -0.116. The van der Waals surface area contributed by atoms with E-state index >= 15 is 0 Å². The third kappa shape index (κ3) is 4.87. The third-order valence-electron chi connectivity index (χ3n) is 5.24. The van der Waals surface area contributed by atoms with Gasteiger partial charge >= 0.3 is 0 Å². The van der Waals surface area contributed by atoms with E-state index in [1.807, 2.05) is 49.4 Å². The molecule has 33 heavy (non-hydrogen) atoms. The van der Waals surface area contributed by atoms with E-state index in [1.54, 1.807) is 31.6 Å². The monoisotopic (exact) mass is 443 g/mol. The Morgan fingerprint density at radius 3 is 2.55 bits per heavy atom. The van der Waals surface area contributed by atoms with Gasteiger partial charge in [-0.1, -0.05) is 37.6 Å². The maximum Gasteiger partial charge on any atom is 0.233 e. The summed E-state index contributed by atoms with van der Waals surface area (Å²) in [5.74, 6) is 1.04. The highest BCUT2D eigenvalue weighted by Crippen LogP contribution is 2.41. The zero-order valence-corrected chi connectivity index (χ0v) is 18.5. The fraction of sp³-hybridized carbons (Fsp3) is 0.192. The molecule has 0 unspecified atom stereocenters. The number of pyridine rings is 1. The molecule has 0 aliphatic carbocycles. The van der Waals surface area contributed by atoms with Crippen LogP contribution in [0.3, 0.4) is 0 Å². The number of phenolic OH excluding ortho intramolecular Hbond substituents is 1. The summed E-state index contributed by atoms with van der Waals surface area (Å²) < 4.78 is 11.2. The summed E-state index contributed by atoms with van der Waals surface area (Å²) in [7, 11) is 1.61. The van der Waals surface area contributed by atoms with Gasteiger partial charge in [0.15, 0.2) is 0 Å². The first-order valence-electron chi connectivity index (χ1n) is 10.8. The highest BCUT2D eigenvalue weighted by Gasteiger charge is 2.21. The predicted octanol–water partition coefficient (Wildman–Crippen LogP) is 5.91. The molecule has 2 aromatic heterocycles. The number of hydrogen-bond acceptors (Lipinski definition) is 6. The van der Waals surface area contributed by atoms with Crippen molar-refractivity contribution in [1.29, 1.82) is 0 Å². The number of nitrogens with zero attached hydrogens (tertiary/aromatic N) is 2. The van der Waals surface area contributed by atoms with Crippen LogP contribution in [0, 0.1) is 0 Å². The summed E-state index contributed by atoms with van der Waals surface area (Å²) in [6.45, 7) is 2.03. The van der Waals surface area contributed by atoms with E-state index in [1.165, 1.54) is 0 Å². The number of aromatic hydroxyl groups is 1. The number of para-hydroxylation sites is 1. The standard InChI is InChI=1S/C26H25N3O4/c1-3-4-10-22(30)28-26-23(18-7-6-15-27-16-18)29-25(33-26)21-9-5-8-20(24(21)31)17-11-13-19(32-2)14-12-17/h5-9,11-16,31H,3-4,10H2,1-2H3,(H,28,30). The number of aromatic nitrogens is 2.